The van der Waals surface area contributed by atoms with Crippen molar-refractivity contribution in [3.63, 3.8) is 0 Å². The second-order valence-electron chi connectivity index (χ2n) is 12.8. The van der Waals surface area contributed by atoms with Gasteiger partial charge in [0.15, 0.2) is 0 Å². The van der Waals surface area contributed by atoms with Crippen LogP contribution in [0.3, 0.4) is 0 Å². The van der Waals surface area contributed by atoms with Crippen molar-refractivity contribution in [2.24, 2.45) is 0 Å². The molecule has 1 heteroatoms. The van der Waals surface area contributed by atoms with Gasteiger partial charge in [-0.05, 0) is 89.0 Å². The molecule has 0 atom stereocenters. The Balaban J connectivity index is 1.40. The molecule has 216 valence electrons. The van der Waals surface area contributed by atoms with Crippen molar-refractivity contribution >= 4 is 55.4 Å². The molecule has 0 saturated heterocycles. The highest BCUT2D eigenvalue weighted by Crippen LogP contribution is 2.41. The average molecular weight is 593 g/mol. The van der Waals surface area contributed by atoms with Crippen molar-refractivity contribution in [2.45, 2.75) is 0 Å². The predicted molar refractivity (Wildman–Crippen MR) is 203 cm³/mol. The number of hydrogen-bond acceptors (Lipinski definition) is 0. The van der Waals surface area contributed by atoms with Gasteiger partial charge in [-0.2, -0.15) is 0 Å². The second-order valence-corrected chi connectivity index (χ2v) is 12.8. The number of hydrogen-bond donors (Lipinski definition) is 0. The maximum atomic E-state index is 2.50. The summed E-state index contributed by atoms with van der Waals surface area (Å²) in [6.07, 6.45) is 0. The molecule has 0 N–H and O–H groups in total. The minimum Gasteiger partial charge on any atom is -0.0664 e. The zero-order valence-corrected chi connectivity index (χ0v) is 25.8. The number of benzene rings is 9. The first-order chi connectivity index (χ1) is 23.3. The van der Waals surface area contributed by atoms with Crippen LogP contribution in [-0.2, 0) is 0 Å². The Morgan fingerprint density at radius 1 is 0.277 bits per heavy atom. The summed E-state index contributed by atoms with van der Waals surface area (Å²) in [5.74, 6) is 0. The number of rotatable bonds is 4. The van der Waals surface area contributed by atoms with E-state index in [-0.39, 0.29) is 6.71 Å². The van der Waals surface area contributed by atoms with E-state index in [0.717, 1.165) is 0 Å². The van der Waals surface area contributed by atoms with Crippen LogP contribution in [-0.4, -0.2) is 6.71 Å². The average Bonchev–Trinajstić information content (AvgIpc) is 3.15. The van der Waals surface area contributed by atoms with Crippen LogP contribution < -0.4 is 16.4 Å². The maximum Gasteiger partial charge on any atom is 0.244 e. The van der Waals surface area contributed by atoms with Crippen LogP contribution in [0.25, 0.3) is 76.8 Å². The molecule has 1 aliphatic rings. The van der Waals surface area contributed by atoms with Gasteiger partial charge < -0.3 is 0 Å². The lowest BCUT2D eigenvalue weighted by molar-refractivity contribution is 1.58. The highest BCUT2D eigenvalue weighted by atomic mass is 14.2. The van der Waals surface area contributed by atoms with Gasteiger partial charge in [0, 0.05) is 0 Å². The quantitative estimate of drug-likeness (QED) is 0.141. The Hall–Kier alpha value is -5.92. The third-order valence-corrected chi connectivity index (χ3v) is 10.3. The van der Waals surface area contributed by atoms with Crippen molar-refractivity contribution in [3.8, 4) is 44.5 Å². The molecule has 0 saturated carbocycles. The Morgan fingerprint density at radius 2 is 0.830 bits per heavy atom. The Morgan fingerprint density at radius 3 is 1.51 bits per heavy atom. The Labute approximate surface area is 275 Å². The highest BCUT2D eigenvalue weighted by Gasteiger charge is 2.36. The van der Waals surface area contributed by atoms with Gasteiger partial charge in [0.25, 0.3) is 0 Å². The third kappa shape index (κ3) is 3.97. The summed E-state index contributed by atoms with van der Waals surface area (Å²) in [7, 11) is 0. The van der Waals surface area contributed by atoms with Gasteiger partial charge >= 0.3 is 0 Å². The summed E-state index contributed by atoms with van der Waals surface area (Å²) in [4.78, 5) is 0. The summed E-state index contributed by atoms with van der Waals surface area (Å²) in [5, 5.41) is 8.06. The first-order valence-electron chi connectivity index (χ1n) is 16.5. The molecule has 1 aliphatic heterocycles. The van der Waals surface area contributed by atoms with E-state index in [4.69, 9.17) is 0 Å². The topological polar surface area (TPSA) is 0 Å². The zero-order chi connectivity index (χ0) is 30.9. The molecule has 0 bridgehead atoms. The van der Waals surface area contributed by atoms with Crippen molar-refractivity contribution in [1.82, 2.24) is 0 Å². The SMILES string of the molecule is c1ccc(-c2cc(-c3ccccc3)c(B3c4ccccc4-c4ccc5ccc6cccc7cc3c4c5c67)c(-c3ccccc3)c2)cc1. The van der Waals surface area contributed by atoms with Gasteiger partial charge in [-0.3, -0.25) is 0 Å². The molecule has 0 unspecified atom stereocenters. The minimum absolute atomic E-state index is 0.0307. The van der Waals surface area contributed by atoms with Gasteiger partial charge in [0.2, 0.25) is 6.71 Å². The zero-order valence-electron chi connectivity index (χ0n) is 25.8. The van der Waals surface area contributed by atoms with Crippen molar-refractivity contribution < 1.29 is 0 Å². The van der Waals surface area contributed by atoms with E-state index in [0.29, 0.717) is 0 Å². The molecular formula is C46H29B. The van der Waals surface area contributed by atoms with Crippen LogP contribution >= 0.6 is 0 Å². The smallest absolute Gasteiger partial charge is 0.0664 e. The first-order valence-corrected chi connectivity index (χ1v) is 16.5. The fourth-order valence-electron chi connectivity index (χ4n) is 8.28. The predicted octanol–water partition coefficient (Wildman–Crippen LogP) is 10.1. The minimum atomic E-state index is 0.0307. The van der Waals surface area contributed by atoms with Gasteiger partial charge in [-0.25, -0.2) is 0 Å². The molecule has 0 fully saturated rings. The molecule has 1 heterocycles. The van der Waals surface area contributed by atoms with Crippen LogP contribution in [0, 0.1) is 0 Å². The molecule has 0 amide bonds. The van der Waals surface area contributed by atoms with E-state index < -0.39 is 0 Å². The largest absolute Gasteiger partial charge is 0.244 e. The molecule has 0 aliphatic carbocycles. The first kappa shape index (κ1) is 26.3. The third-order valence-electron chi connectivity index (χ3n) is 10.3. The standard InChI is InChI=1S/C46H29B/c1-4-13-30(14-5-1)36-27-39(31-15-6-2-7-16-31)46(40(28-36)32-17-8-3-9-18-32)47-41-22-11-10-21-37(41)38-26-25-34-24-23-33-19-12-20-35-29-42(47)45(38)44(34)43(33)35/h1-29H. The van der Waals surface area contributed by atoms with Gasteiger partial charge in [0.1, 0.15) is 0 Å². The summed E-state index contributed by atoms with van der Waals surface area (Å²) < 4.78 is 0. The second kappa shape index (κ2) is 10.3. The lowest BCUT2D eigenvalue weighted by atomic mass is 9.32. The Kier molecular flexibility index (Phi) is 5.77. The Bertz CT molecular complexity index is 2540. The summed E-state index contributed by atoms with van der Waals surface area (Å²) in [6, 6.07) is 65.3. The summed E-state index contributed by atoms with van der Waals surface area (Å²) in [5.41, 5.74) is 14.2. The fraction of sp³-hybridized carbons (Fsp3) is 0. The fourth-order valence-corrected chi connectivity index (χ4v) is 8.28. The summed E-state index contributed by atoms with van der Waals surface area (Å²) in [6.45, 7) is 0.0307. The maximum absolute atomic E-state index is 2.50. The van der Waals surface area contributed by atoms with Crippen molar-refractivity contribution in [1.29, 1.82) is 0 Å². The van der Waals surface area contributed by atoms with E-state index in [1.54, 1.807) is 0 Å². The monoisotopic (exact) mass is 592 g/mol. The summed E-state index contributed by atoms with van der Waals surface area (Å²) >= 11 is 0. The molecule has 9 aromatic rings. The van der Waals surface area contributed by atoms with E-state index >= 15 is 0 Å². The molecule has 0 nitrogen and oxygen atoms in total. The van der Waals surface area contributed by atoms with Crippen LogP contribution in [0.1, 0.15) is 0 Å². The van der Waals surface area contributed by atoms with E-state index in [1.165, 1.54) is 93.2 Å². The van der Waals surface area contributed by atoms with Crippen molar-refractivity contribution in [3.05, 3.63) is 176 Å². The molecule has 47 heavy (non-hydrogen) atoms. The molecular weight excluding hydrogens is 563 g/mol. The normalized spacial score (nSPS) is 12.2. The van der Waals surface area contributed by atoms with Crippen molar-refractivity contribution in [2.75, 3.05) is 0 Å². The van der Waals surface area contributed by atoms with Crippen LogP contribution in [0.4, 0.5) is 0 Å². The molecule has 9 aromatic carbocycles. The lowest BCUT2D eigenvalue weighted by Crippen LogP contribution is -2.56. The molecule has 10 rings (SSSR count). The van der Waals surface area contributed by atoms with Crippen LogP contribution in [0.15, 0.2) is 176 Å². The van der Waals surface area contributed by atoms with Gasteiger partial charge in [0.05, 0.1) is 0 Å². The van der Waals surface area contributed by atoms with Crippen LogP contribution in [0.5, 0.6) is 0 Å². The van der Waals surface area contributed by atoms with E-state index in [1.807, 2.05) is 0 Å². The van der Waals surface area contributed by atoms with Gasteiger partial charge in [-0.1, -0.05) is 180 Å². The molecule has 0 radical (unpaired) electrons. The number of fused-ring (bicyclic) bond motifs is 2. The van der Waals surface area contributed by atoms with Gasteiger partial charge in [-0.15, -0.1) is 0 Å². The molecule has 0 aromatic heterocycles. The highest BCUT2D eigenvalue weighted by molar-refractivity contribution is 7.00. The van der Waals surface area contributed by atoms with E-state index in [9.17, 15) is 0 Å². The molecule has 0 spiro atoms. The van der Waals surface area contributed by atoms with Crippen LogP contribution in [0.2, 0.25) is 0 Å². The lowest BCUT2D eigenvalue weighted by Gasteiger charge is -2.32. The van der Waals surface area contributed by atoms with E-state index in [2.05, 4.69) is 176 Å².